The van der Waals surface area contributed by atoms with Crippen LogP contribution in [-0.4, -0.2) is 26.1 Å². The van der Waals surface area contributed by atoms with Gasteiger partial charge in [-0.3, -0.25) is 0 Å². The molecule has 0 N–H and O–H groups in total. The van der Waals surface area contributed by atoms with Gasteiger partial charge >= 0.3 is 0 Å². The second-order valence-corrected chi connectivity index (χ2v) is 5.76. The number of benzene rings is 1. The zero-order valence-corrected chi connectivity index (χ0v) is 12.8. The van der Waals surface area contributed by atoms with E-state index in [2.05, 4.69) is 20.0 Å². The van der Waals surface area contributed by atoms with Gasteiger partial charge in [0.1, 0.15) is 12.1 Å². The molecule has 0 fully saturated rings. The number of hydrogen-bond donors (Lipinski definition) is 0. The van der Waals surface area contributed by atoms with E-state index in [9.17, 15) is 8.78 Å². The van der Waals surface area contributed by atoms with Gasteiger partial charge in [0.25, 0.3) is 5.78 Å². The molecule has 5 nitrogen and oxygen atoms in total. The van der Waals surface area contributed by atoms with Crippen LogP contribution in [0.25, 0.3) is 5.78 Å². The third kappa shape index (κ3) is 2.07. The molecule has 4 rings (SSSR count). The summed E-state index contributed by atoms with van der Waals surface area (Å²) in [6.07, 6.45) is 2.32. The van der Waals surface area contributed by atoms with E-state index in [4.69, 9.17) is 0 Å². The molecule has 118 valence electrons. The van der Waals surface area contributed by atoms with E-state index in [-0.39, 0.29) is 6.04 Å². The highest BCUT2D eigenvalue weighted by molar-refractivity contribution is 5.59. The topological polar surface area (TPSA) is 46.3 Å². The average molecular weight is 315 g/mol. The molecule has 23 heavy (non-hydrogen) atoms. The van der Waals surface area contributed by atoms with Gasteiger partial charge in [0, 0.05) is 17.8 Å². The van der Waals surface area contributed by atoms with Gasteiger partial charge < -0.3 is 4.90 Å². The quantitative estimate of drug-likeness (QED) is 0.729. The standard InChI is InChI=1S/C16H15F2N5/c1-9-12-5-6-22(15(12)23-16(21-9)19-8-20-23)10(2)11-3-4-13(17)14(18)7-11/h3-4,7-8,10H,5-6H2,1-2H3/t10-/m0/s1. The third-order valence-electron chi connectivity index (χ3n) is 4.47. The Morgan fingerprint density at radius 2 is 2.04 bits per heavy atom. The van der Waals surface area contributed by atoms with Crippen LogP contribution in [-0.2, 0) is 6.42 Å². The maximum absolute atomic E-state index is 13.6. The number of halogens is 2. The highest BCUT2D eigenvalue weighted by atomic mass is 19.2. The first kappa shape index (κ1) is 14.0. The Morgan fingerprint density at radius 3 is 2.83 bits per heavy atom. The summed E-state index contributed by atoms with van der Waals surface area (Å²) >= 11 is 0. The lowest BCUT2D eigenvalue weighted by atomic mass is 10.1. The van der Waals surface area contributed by atoms with E-state index < -0.39 is 11.6 Å². The minimum Gasteiger partial charge on any atom is -0.349 e. The van der Waals surface area contributed by atoms with Crippen LogP contribution in [0.5, 0.6) is 0 Å². The van der Waals surface area contributed by atoms with Crippen LogP contribution in [0.1, 0.15) is 29.8 Å². The Labute approximate surface area is 131 Å². The second-order valence-electron chi connectivity index (χ2n) is 5.76. The Kier molecular flexibility index (Phi) is 3.04. The minimum atomic E-state index is -0.832. The van der Waals surface area contributed by atoms with E-state index >= 15 is 0 Å². The summed E-state index contributed by atoms with van der Waals surface area (Å²) in [6.45, 7) is 4.70. The van der Waals surface area contributed by atoms with Crippen molar-refractivity contribution in [3.05, 3.63) is 53.0 Å². The van der Waals surface area contributed by atoms with E-state index in [0.717, 1.165) is 35.6 Å². The van der Waals surface area contributed by atoms with Gasteiger partial charge in [-0.05, 0) is 38.0 Å². The third-order valence-corrected chi connectivity index (χ3v) is 4.47. The van der Waals surface area contributed by atoms with E-state index in [1.165, 1.54) is 18.5 Å². The van der Waals surface area contributed by atoms with Crippen molar-refractivity contribution in [3.63, 3.8) is 0 Å². The summed E-state index contributed by atoms with van der Waals surface area (Å²) < 4.78 is 28.5. The zero-order chi connectivity index (χ0) is 16.1. The fourth-order valence-corrected chi connectivity index (χ4v) is 3.22. The Hall–Kier alpha value is -2.57. The fourth-order valence-electron chi connectivity index (χ4n) is 3.22. The lowest BCUT2D eigenvalue weighted by Crippen LogP contribution is -2.26. The number of rotatable bonds is 2. The SMILES string of the molecule is Cc1nc2ncnn2c2c1CCN2[C@@H](C)c1ccc(F)c(F)c1. The van der Waals surface area contributed by atoms with E-state index in [1.807, 2.05) is 13.8 Å². The summed E-state index contributed by atoms with van der Waals surface area (Å²) in [4.78, 5) is 10.7. The van der Waals surface area contributed by atoms with Crippen LogP contribution in [0.4, 0.5) is 14.6 Å². The molecular weight excluding hydrogens is 300 g/mol. The summed E-state index contributed by atoms with van der Waals surface area (Å²) in [5, 5.41) is 4.26. The van der Waals surface area contributed by atoms with Crippen molar-refractivity contribution in [1.82, 2.24) is 19.6 Å². The summed E-state index contributed by atoms with van der Waals surface area (Å²) in [5.41, 5.74) is 2.78. The second kappa shape index (κ2) is 4.97. The number of hydrogen-bond acceptors (Lipinski definition) is 4. The van der Waals surface area contributed by atoms with Gasteiger partial charge in [0.05, 0.1) is 6.04 Å². The fraction of sp³-hybridized carbons (Fsp3) is 0.312. The van der Waals surface area contributed by atoms with Crippen molar-refractivity contribution in [3.8, 4) is 0 Å². The number of fused-ring (bicyclic) bond motifs is 3. The molecule has 0 aliphatic carbocycles. The van der Waals surface area contributed by atoms with Crippen molar-refractivity contribution in [2.45, 2.75) is 26.3 Å². The van der Waals surface area contributed by atoms with E-state index in [1.54, 1.807) is 10.6 Å². The Bertz CT molecular complexity index is 905. The Morgan fingerprint density at radius 1 is 1.22 bits per heavy atom. The van der Waals surface area contributed by atoms with Gasteiger partial charge in [-0.2, -0.15) is 14.6 Å². The smallest absolute Gasteiger partial charge is 0.254 e. The molecule has 0 amide bonds. The van der Waals surface area contributed by atoms with Gasteiger partial charge in [-0.1, -0.05) is 6.07 Å². The highest BCUT2D eigenvalue weighted by Crippen LogP contribution is 2.36. The molecule has 0 spiro atoms. The summed E-state index contributed by atoms with van der Waals surface area (Å²) in [5.74, 6) is -0.181. The molecule has 2 aromatic heterocycles. The molecule has 3 aromatic rings. The minimum absolute atomic E-state index is 0.111. The first-order valence-corrected chi connectivity index (χ1v) is 7.47. The molecule has 1 aromatic carbocycles. The van der Waals surface area contributed by atoms with Crippen molar-refractivity contribution in [1.29, 1.82) is 0 Å². The van der Waals surface area contributed by atoms with Gasteiger partial charge in [0.2, 0.25) is 0 Å². The number of anilines is 1. The Balaban J connectivity index is 1.82. The van der Waals surface area contributed by atoms with Crippen LogP contribution in [0.2, 0.25) is 0 Å². The molecule has 0 bridgehead atoms. The number of aromatic nitrogens is 4. The highest BCUT2D eigenvalue weighted by Gasteiger charge is 2.30. The maximum Gasteiger partial charge on any atom is 0.254 e. The van der Waals surface area contributed by atoms with Crippen molar-refractivity contribution in [2.75, 3.05) is 11.4 Å². The largest absolute Gasteiger partial charge is 0.349 e. The molecule has 0 saturated heterocycles. The summed E-state index contributed by atoms with van der Waals surface area (Å²) in [6, 6.07) is 3.93. The number of nitrogens with zero attached hydrogens (tertiary/aromatic N) is 5. The van der Waals surface area contributed by atoms with Crippen molar-refractivity contribution >= 4 is 11.6 Å². The van der Waals surface area contributed by atoms with Crippen molar-refractivity contribution in [2.24, 2.45) is 0 Å². The van der Waals surface area contributed by atoms with Crippen molar-refractivity contribution < 1.29 is 8.78 Å². The van der Waals surface area contributed by atoms with Crippen LogP contribution < -0.4 is 4.90 Å². The first-order chi connectivity index (χ1) is 11.1. The molecule has 0 radical (unpaired) electrons. The van der Waals surface area contributed by atoms with Gasteiger partial charge in [-0.15, -0.1) is 0 Å². The van der Waals surface area contributed by atoms with Crippen LogP contribution in [0.3, 0.4) is 0 Å². The maximum atomic E-state index is 13.6. The lowest BCUT2D eigenvalue weighted by Gasteiger charge is -2.27. The monoisotopic (exact) mass is 315 g/mol. The van der Waals surface area contributed by atoms with Crippen LogP contribution in [0.15, 0.2) is 24.5 Å². The zero-order valence-electron chi connectivity index (χ0n) is 12.8. The molecule has 1 aliphatic rings. The molecule has 0 saturated carbocycles. The van der Waals surface area contributed by atoms with E-state index in [0.29, 0.717) is 5.78 Å². The lowest BCUT2D eigenvalue weighted by molar-refractivity contribution is 0.505. The molecule has 1 aliphatic heterocycles. The predicted molar refractivity (Wildman–Crippen MR) is 81.3 cm³/mol. The first-order valence-electron chi connectivity index (χ1n) is 7.47. The normalized spacial score (nSPS) is 15.2. The van der Waals surface area contributed by atoms with Crippen LogP contribution in [0, 0.1) is 18.6 Å². The number of aryl methyl sites for hydroxylation is 1. The molecule has 3 heterocycles. The molecular formula is C16H15F2N5. The van der Waals surface area contributed by atoms with Crippen LogP contribution >= 0.6 is 0 Å². The van der Waals surface area contributed by atoms with Gasteiger partial charge in [-0.25, -0.2) is 13.8 Å². The average Bonchev–Trinajstić information content (AvgIpc) is 3.15. The van der Waals surface area contributed by atoms with Gasteiger partial charge in [0.15, 0.2) is 11.6 Å². The molecule has 7 heteroatoms. The molecule has 0 unspecified atom stereocenters. The molecule has 1 atom stereocenters. The summed E-state index contributed by atoms with van der Waals surface area (Å²) in [7, 11) is 0. The predicted octanol–water partition coefficient (Wildman–Crippen LogP) is 2.83.